The molecule has 5 heteroatoms. The topological polar surface area (TPSA) is 38.3 Å². The van der Waals surface area contributed by atoms with Crippen molar-refractivity contribution in [3.8, 4) is 5.75 Å². The van der Waals surface area contributed by atoms with Gasteiger partial charge in [0.05, 0.1) is 0 Å². The van der Waals surface area contributed by atoms with Gasteiger partial charge in [-0.3, -0.25) is 4.79 Å². The molecule has 3 rings (SSSR count). The van der Waals surface area contributed by atoms with Gasteiger partial charge in [-0.1, -0.05) is 48.5 Å². The molecule has 27 heavy (non-hydrogen) atoms. The lowest BCUT2D eigenvalue weighted by atomic mass is 10.2. The first-order chi connectivity index (χ1) is 13.1. The largest absolute Gasteiger partial charge is 0.489 e. The van der Waals surface area contributed by atoms with E-state index in [4.69, 9.17) is 4.74 Å². The molecule has 0 unspecified atom stereocenters. The maximum Gasteiger partial charge on any atom is 0.248 e. The molecule has 3 nitrogen and oxygen atoms in total. The Morgan fingerprint density at radius 3 is 2.22 bits per heavy atom. The fraction of sp³-hybridized carbons (Fsp3) is 0.0455. The minimum Gasteiger partial charge on any atom is -0.489 e. The lowest BCUT2D eigenvalue weighted by molar-refractivity contribution is -0.111. The zero-order valence-electron chi connectivity index (χ0n) is 14.4. The van der Waals surface area contributed by atoms with Gasteiger partial charge in [0.2, 0.25) is 5.91 Å². The lowest BCUT2D eigenvalue weighted by Gasteiger charge is -2.06. The fourth-order valence-electron chi connectivity index (χ4n) is 2.37. The van der Waals surface area contributed by atoms with Crippen LogP contribution in [-0.4, -0.2) is 5.91 Å². The van der Waals surface area contributed by atoms with Crippen LogP contribution in [0.4, 0.5) is 14.5 Å². The first-order valence-electron chi connectivity index (χ1n) is 8.32. The van der Waals surface area contributed by atoms with Crippen molar-refractivity contribution >= 4 is 17.7 Å². The van der Waals surface area contributed by atoms with E-state index in [1.807, 2.05) is 30.3 Å². The van der Waals surface area contributed by atoms with Crippen molar-refractivity contribution < 1.29 is 18.3 Å². The molecule has 0 saturated carbocycles. The van der Waals surface area contributed by atoms with Gasteiger partial charge in [0, 0.05) is 6.08 Å². The number of para-hydroxylation sites is 1. The van der Waals surface area contributed by atoms with Gasteiger partial charge in [-0.05, 0) is 41.5 Å². The van der Waals surface area contributed by atoms with Gasteiger partial charge in [0.1, 0.15) is 29.7 Å². The molecule has 0 spiro atoms. The highest BCUT2D eigenvalue weighted by Crippen LogP contribution is 2.18. The summed E-state index contributed by atoms with van der Waals surface area (Å²) in [6, 6.07) is 20.3. The summed E-state index contributed by atoms with van der Waals surface area (Å²) < 4.78 is 32.7. The van der Waals surface area contributed by atoms with Gasteiger partial charge in [-0.2, -0.15) is 0 Å². The van der Waals surface area contributed by atoms with Crippen molar-refractivity contribution in [1.29, 1.82) is 0 Å². The number of carbonyl (C=O) groups is 1. The van der Waals surface area contributed by atoms with Crippen molar-refractivity contribution in [2.24, 2.45) is 0 Å². The predicted molar refractivity (Wildman–Crippen MR) is 101 cm³/mol. The number of carbonyl (C=O) groups excluding carboxylic acids is 1. The maximum atomic E-state index is 13.5. The van der Waals surface area contributed by atoms with Crippen LogP contribution in [0.25, 0.3) is 6.08 Å². The minimum absolute atomic E-state index is 0.461. The third-order valence-electron chi connectivity index (χ3n) is 3.77. The van der Waals surface area contributed by atoms with Crippen molar-refractivity contribution in [1.82, 2.24) is 0 Å². The smallest absolute Gasteiger partial charge is 0.248 e. The number of benzene rings is 3. The maximum absolute atomic E-state index is 13.5. The molecule has 0 saturated heterocycles. The molecule has 0 bridgehead atoms. The van der Waals surface area contributed by atoms with Crippen molar-refractivity contribution in [2.45, 2.75) is 6.61 Å². The second-order valence-electron chi connectivity index (χ2n) is 5.76. The number of nitrogens with one attached hydrogen (secondary N) is 1. The normalized spacial score (nSPS) is 10.7. The molecule has 0 fully saturated rings. The van der Waals surface area contributed by atoms with Gasteiger partial charge >= 0.3 is 0 Å². The van der Waals surface area contributed by atoms with E-state index in [1.165, 1.54) is 12.1 Å². The first kappa shape index (κ1) is 18.3. The number of anilines is 1. The Kier molecular flexibility index (Phi) is 5.94. The van der Waals surface area contributed by atoms with E-state index in [1.54, 1.807) is 30.3 Å². The highest BCUT2D eigenvalue weighted by molar-refractivity contribution is 6.02. The minimum atomic E-state index is -0.823. The molecule has 0 aliphatic rings. The predicted octanol–water partition coefficient (Wildman–Crippen LogP) is 5.20. The number of halogens is 2. The van der Waals surface area contributed by atoms with Gasteiger partial charge in [0.15, 0.2) is 0 Å². The van der Waals surface area contributed by atoms with Gasteiger partial charge < -0.3 is 10.1 Å². The zero-order chi connectivity index (χ0) is 19.1. The van der Waals surface area contributed by atoms with E-state index < -0.39 is 23.2 Å². The fourth-order valence-corrected chi connectivity index (χ4v) is 2.37. The molecule has 1 N–H and O–H groups in total. The van der Waals surface area contributed by atoms with E-state index in [9.17, 15) is 13.6 Å². The summed E-state index contributed by atoms with van der Waals surface area (Å²) in [4.78, 5) is 11.9. The van der Waals surface area contributed by atoms with Crippen LogP contribution in [-0.2, 0) is 11.4 Å². The summed E-state index contributed by atoms with van der Waals surface area (Å²) in [5, 5.41) is 2.20. The quantitative estimate of drug-likeness (QED) is 0.610. The summed E-state index contributed by atoms with van der Waals surface area (Å²) >= 11 is 0. The average Bonchev–Trinajstić information content (AvgIpc) is 2.69. The summed E-state index contributed by atoms with van der Waals surface area (Å²) in [6.07, 6.45) is 2.76. The molecule has 3 aromatic rings. The summed E-state index contributed by atoms with van der Waals surface area (Å²) in [6.45, 7) is 0.465. The van der Waals surface area contributed by atoms with Crippen LogP contribution >= 0.6 is 0 Å². The molecule has 0 aromatic heterocycles. The van der Waals surface area contributed by atoms with Crippen molar-refractivity contribution in [3.63, 3.8) is 0 Å². The Balaban J connectivity index is 1.56. The highest BCUT2D eigenvalue weighted by atomic mass is 19.1. The van der Waals surface area contributed by atoms with Gasteiger partial charge in [0.25, 0.3) is 0 Å². The Labute approximate surface area is 155 Å². The number of hydrogen-bond donors (Lipinski definition) is 1. The third kappa shape index (κ3) is 5.25. The number of hydrogen-bond acceptors (Lipinski definition) is 2. The molecular weight excluding hydrogens is 348 g/mol. The molecule has 0 atom stereocenters. The standard InChI is InChI=1S/C22H17F2NO2/c23-19-7-4-8-20(24)22(19)25-21(26)14-11-16-9-12-18(13-10-16)27-15-17-5-2-1-3-6-17/h1-14H,15H2,(H,25,26)/b14-11+. The molecule has 136 valence electrons. The molecule has 0 aliphatic heterocycles. The molecule has 0 radical (unpaired) electrons. The van der Waals surface area contributed by atoms with E-state index in [2.05, 4.69) is 5.32 Å². The molecular formula is C22H17F2NO2. The van der Waals surface area contributed by atoms with Crippen LogP contribution in [0.5, 0.6) is 5.75 Å². The second kappa shape index (κ2) is 8.76. The Bertz CT molecular complexity index is 918. The van der Waals surface area contributed by atoms with E-state index in [0.717, 1.165) is 23.3 Å². The van der Waals surface area contributed by atoms with Crippen molar-refractivity contribution in [3.05, 3.63) is 102 Å². The summed E-state index contributed by atoms with van der Waals surface area (Å²) in [7, 11) is 0. The third-order valence-corrected chi connectivity index (χ3v) is 3.77. The van der Waals surface area contributed by atoms with Crippen LogP contribution in [0, 0.1) is 11.6 Å². The Morgan fingerprint density at radius 1 is 0.889 bits per heavy atom. The van der Waals surface area contributed by atoms with E-state index in [0.29, 0.717) is 12.4 Å². The zero-order valence-corrected chi connectivity index (χ0v) is 14.4. The highest BCUT2D eigenvalue weighted by Gasteiger charge is 2.09. The van der Waals surface area contributed by atoms with Crippen LogP contribution in [0.15, 0.2) is 78.9 Å². The van der Waals surface area contributed by atoms with Crippen LogP contribution in [0.2, 0.25) is 0 Å². The second-order valence-corrected chi connectivity index (χ2v) is 5.76. The monoisotopic (exact) mass is 365 g/mol. The van der Waals surface area contributed by atoms with Gasteiger partial charge in [-0.25, -0.2) is 8.78 Å². The molecule has 0 aliphatic carbocycles. The van der Waals surface area contributed by atoms with Crippen molar-refractivity contribution in [2.75, 3.05) is 5.32 Å². The molecule has 1 amide bonds. The number of ether oxygens (including phenoxy) is 1. The van der Waals surface area contributed by atoms with Gasteiger partial charge in [-0.15, -0.1) is 0 Å². The van der Waals surface area contributed by atoms with E-state index in [-0.39, 0.29) is 0 Å². The SMILES string of the molecule is O=C(/C=C/c1ccc(OCc2ccccc2)cc1)Nc1c(F)cccc1F. The first-order valence-corrected chi connectivity index (χ1v) is 8.32. The number of amides is 1. The number of rotatable bonds is 6. The molecule has 3 aromatic carbocycles. The lowest BCUT2D eigenvalue weighted by Crippen LogP contribution is -2.10. The van der Waals surface area contributed by atoms with Crippen LogP contribution < -0.4 is 10.1 Å². The summed E-state index contributed by atoms with van der Waals surface area (Å²) in [5.41, 5.74) is 1.36. The van der Waals surface area contributed by atoms with Crippen LogP contribution in [0.1, 0.15) is 11.1 Å². The Morgan fingerprint density at radius 2 is 1.56 bits per heavy atom. The Hall–Kier alpha value is -3.47. The molecule has 0 heterocycles. The van der Waals surface area contributed by atoms with Crippen LogP contribution in [0.3, 0.4) is 0 Å². The van der Waals surface area contributed by atoms with E-state index >= 15 is 0 Å². The summed E-state index contributed by atoms with van der Waals surface area (Å²) in [5.74, 6) is -1.56. The average molecular weight is 365 g/mol.